The van der Waals surface area contributed by atoms with Crippen LogP contribution in [-0.4, -0.2) is 143 Å². The highest BCUT2D eigenvalue weighted by atomic mass is 16.7. The summed E-state index contributed by atoms with van der Waals surface area (Å²) in [6.07, 6.45) is -5.35. The number of carbonyl (C=O) groups is 8. The van der Waals surface area contributed by atoms with Crippen LogP contribution in [0.3, 0.4) is 0 Å². The first kappa shape index (κ1) is 58.7. The number of nitrogens with one attached hydrogen (secondary N) is 6. The molecular weight excluding hydrogens is 994 g/mol. The van der Waals surface area contributed by atoms with Crippen LogP contribution in [0.25, 0.3) is 22.5 Å². The predicted octanol–water partition coefficient (Wildman–Crippen LogP) is 1.87. The van der Waals surface area contributed by atoms with Gasteiger partial charge < -0.3 is 60.7 Å². The summed E-state index contributed by atoms with van der Waals surface area (Å²) < 4.78 is 22.7. The molecule has 0 saturated carbocycles. The normalized spacial score (nSPS) is 17.5. The monoisotopic (exact) mass is 1060 g/mol. The van der Waals surface area contributed by atoms with Gasteiger partial charge in [-0.25, -0.2) is 9.97 Å². The second-order valence-corrected chi connectivity index (χ2v) is 19.7. The molecule has 2 aliphatic heterocycles. The average Bonchev–Trinajstić information content (AvgIpc) is 3.96. The summed E-state index contributed by atoms with van der Waals surface area (Å²) in [6, 6.07) is 25.3. The van der Waals surface area contributed by atoms with Gasteiger partial charge in [-0.05, 0) is 69.2 Å². The third kappa shape index (κ3) is 17.2. The van der Waals surface area contributed by atoms with Crippen LogP contribution >= 0.6 is 0 Å². The van der Waals surface area contributed by atoms with Gasteiger partial charge >= 0.3 is 26.2 Å². The van der Waals surface area contributed by atoms with E-state index >= 15 is 0 Å². The van der Waals surface area contributed by atoms with Gasteiger partial charge in [0, 0.05) is 24.2 Å². The van der Waals surface area contributed by atoms with E-state index in [0.717, 1.165) is 11.1 Å². The van der Waals surface area contributed by atoms with Crippen LogP contribution in [-0.2, 0) is 47.4 Å². The Morgan fingerprint density at radius 3 is 1.26 bits per heavy atom. The zero-order valence-electron chi connectivity index (χ0n) is 43.8. The number of rotatable bonds is 26. The fourth-order valence-electron chi connectivity index (χ4n) is 8.45. The van der Waals surface area contributed by atoms with Crippen LogP contribution < -0.4 is 31.9 Å². The first-order chi connectivity index (χ1) is 36.8. The number of pyridine rings is 2. The van der Waals surface area contributed by atoms with Crippen molar-refractivity contribution < 1.29 is 67.2 Å². The summed E-state index contributed by atoms with van der Waals surface area (Å²) >= 11 is 0. The Hall–Kier alpha value is -7.53. The molecule has 0 aliphatic carbocycles. The second kappa shape index (κ2) is 28.0. The molecule has 8 N–H and O–H groups in total. The maximum atomic E-state index is 13.6. The number of benzene rings is 2. The molecule has 0 radical (unpaired) electrons. The van der Waals surface area contributed by atoms with Crippen molar-refractivity contribution in [2.45, 2.75) is 122 Å². The van der Waals surface area contributed by atoms with Gasteiger partial charge in [0.1, 0.15) is 35.7 Å². The lowest BCUT2D eigenvalue weighted by Crippen LogP contribution is -2.57. The van der Waals surface area contributed by atoms with E-state index in [1.165, 1.54) is 26.0 Å². The minimum atomic E-state index is -1.42. The molecule has 2 aromatic heterocycles. The van der Waals surface area contributed by atoms with Gasteiger partial charge in [0.15, 0.2) is 0 Å². The lowest BCUT2D eigenvalue weighted by molar-refractivity contribution is -0.139. The highest BCUT2D eigenvalue weighted by molar-refractivity contribution is 6.52. The number of nitrogens with zero attached hydrogens (tertiary/aromatic N) is 2. The van der Waals surface area contributed by atoms with Crippen LogP contribution in [0.15, 0.2) is 97.1 Å². The Balaban J connectivity index is 0.925. The van der Waals surface area contributed by atoms with Crippen molar-refractivity contribution in [1.82, 2.24) is 41.9 Å². The maximum absolute atomic E-state index is 13.6. The van der Waals surface area contributed by atoms with Crippen molar-refractivity contribution in [2.75, 3.05) is 13.1 Å². The first-order valence-electron chi connectivity index (χ1n) is 25.6. The van der Waals surface area contributed by atoms with Crippen molar-refractivity contribution in [3.05, 3.63) is 108 Å². The van der Waals surface area contributed by atoms with E-state index in [1.807, 2.05) is 88.4 Å². The van der Waals surface area contributed by atoms with Crippen LogP contribution in [0.2, 0.25) is 0 Å². The molecule has 0 spiro atoms. The first-order valence-corrected chi connectivity index (χ1v) is 25.6. The molecule has 8 atom stereocenters. The van der Waals surface area contributed by atoms with Crippen molar-refractivity contribution in [3.63, 3.8) is 0 Å². The van der Waals surface area contributed by atoms with Gasteiger partial charge in [-0.3, -0.25) is 38.4 Å². The number of aliphatic hydroxyl groups is 2. The minimum Gasteiger partial charge on any atom is -0.506 e. The Morgan fingerprint density at radius 1 is 0.532 bits per heavy atom. The fourth-order valence-corrected chi connectivity index (χ4v) is 8.45. The number of carbonyl (C=O) groups excluding carboxylic acids is 8. The van der Waals surface area contributed by atoms with E-state index < -0.39 is 123 Å². The van der Waals surface area contributed by atoms with Crippen molar-refractivity contribution in [2.24, 2.45) is 11.8 Å². The fraction of sp³-hybridized carbons (Fsp3) is 0.434. The third-order valence-electron chi connectivity index (χ3n) is 12.3. The Morgan fingerprint density at radius 2 is 0.909 bits per heavy atom. The molecule has 2 aliphatic rings. The molecule has 0 bridgehead atoms. The van der Waals surface area contributed by atoms with Crippen LogP contribution in [0.5, 0.6) is 0 Å². The molecule has 2 saturated heterocycles. The molecule has 408 valence electrons. The summed E-state index contributed by atoms with van der Waals surface area (Å²) in [7, 11) is -2.58. The van der Waals surface area contributed by atoms with E-state index in [2.05, 4.69) is 41.9 Å². The largest absolute Gasteiger partial charge is 0.552 e. The third-order valence-corrected chi connectivity index (χ3v) is 12.3. The van der Waals surface area contributed by atoms with E-state index in [-0.39, 0.29) is 55.6 Å². The zero-order valence-corrected chi connectivity index (χ0v) is 43.8. The zero-order chi connectivity index (χ0) is 55.8. The lowest BCUT2D eigenvalue weighted by atomic mass is 9.74. The number of aromatic nitrogens is 2. The van der Waals surface area contributed by atoms with Crippen LogP contribution in [0, 0.1) is 11.8 Å². The van der Waals surface area contributed by atoms with E-state index in [4.69, 9.17) is 18.6 Å². The molecule has 24 heteroatoms. The number of hydrogen-bond acceptors (Lipinski definition) is 16. The molecule has 2 fully saturated rings. The Bertz CT molecular complexity index is 2520. The van der Waals surface area contributed by atoms with Crippen LogP contribution in [0.4, 0.5) is 0 Å². The SMILES string of the molecule is CC(C)C[C@H](NC(=O)[C@@H](NC(=O)c1cccc(-c2ccccc2)n1)[C@@H](C)O)B1OC(=O)[C@@H](CC(=O)NCCCNC(=O)C[C@H]2OB([C@H](CC(C)C)NC(=O)[C@@H](NC(=O)c3cccc(-c4ccccc4)n3)[C@@H](C)O)OC2=O)O1. The lowest BCUT2D eigenvalue weighted by Gasteiger charge is -2.26. The average molecular weight is 1060 g/mol. The molecule has 22 nitrogen and oxygen atoms in total. The summed E-state index contributed by atoms with van der Waals surface area (Å²) in [5, 5.41) is 37.1. The molecule has 2 aromatic carbocycles. The van der Waals surface area contributed by atoms with Crippen molar-refractivity contribution >= 4 is 61.6 Å². The molecule has 0 unspecified atom stereocenters. The van der Waals surface area contributed by atoms with E-state index in [0.29, 0.717) is 11.4 Å². The molecule has 4 heterocycles. The molecule has 77 heavy (non-hydrogen) atoms. The standard InChI is InChI=1S/C53H66B2N8O14/c1-30(2)26-42(60-50(70)46(32(5)64)62-48(68)38-22-13-20-36(58-38)34-16-9-7-10-17-34)54-74-40(52(72)76-54)28-44(66)56-24-15-25-57-45(67)29-41-53(73)77-55(75-41)43(27-31(3)4)61-51(71)47(33(6)65)63-49(69)39-23-14-21-37(59-39)35-18-11-8-12-19-35/h7-14,16-23,30-33,40-43,46-47,64-65H,15,24-29H2,1-6H3,(H,56,66)(H,57,67)(H,60,70)(H,61,71)(H,62,68)(H,63,69)/t32-,33-,40-,41-,42+,43+,46+,47+/m1/s1. The molecular formula is C53H66B2N8O14. The Labute approximate surface area is 447 Å². The summed E-state index contributed by atoms with van der Waals surface area (Å²) in [6.45, 7) is 10.3. The minimum absolute atomic E-state index is 0.0214. The van der Waals surface area contributed by atoms with Gasteiger partial charge in [-0.1, -0.05) is 100 Å². The Kier molecular flexibility index (Phi) is 21.4. The van der Waals surface area contributed by atoms with Gasteiger partial charge in [0.2, 0.25) is 23.6 Å². The molecule has 4 aromatic rings. The van der Waals surface area contributed by atoms with Crippen molar-refractivity contribution in [1.29, 1.82) is 0 Å². The van der Waals surface area contributed by atoms with E-state index in [9.17, 15) is 48.6 Å². The topological polar surface area (TPSA) is 312 Å². The predicted molar refractivity (Wildman–Crippen MR) is 281 cm³/mol. The van der Waals surface area contributed by atoms with Gasteiger partial charge in [-0.15, -0.1) is 0 Å². The van der Waals surface area contributed by atoms with Crippen molar-refractivity contribution in [3.8, 4) is 22.5 Å². The highest BCUT2D eigenvalue weighted by Gasteiger charge is 2.49. The quantitative estimate of drug-likeness (QED) is 0.0329. The van der Waals surface area contributed by atoms with Crippen LogP contribution in [0.1, 0.15) is 94.6 Å². The maximum Gasteiger partial charge on any atom is 0.552 e. The smallest absolute Gasteiger partial charge is 0.506 e. The summed E-state index contributed by atoms with van der Waals surface area (Å²) in [4.78, 5) is 114. The number of amides is 6. The second-order valence-electron chi connectivity index (χ2n) is 19.7. The summed E-state index contributed by atoms with van der Waals surface area (Å²) in [5.41, 5.74) is 2.67. The van der Waals surface area contributed by atoms with E-state index in [1.54, 1.807) is 24.3 Å². The van der Waals surface area contributed by atoms with Gasteiger partial charge in [-0.2, -0.15) is 0 Å². The number of hydrogen-bond donors (Lipinski definition) is 8. The molecule has 6 amide bonds. The number of aliphatic hydroxyl groups excluding tert-OH is 2. The highest BCUT2D eigenvalue weighted by Crippen LogP contribution is 2.23. The van der Waals surface area contributed by atoms with Gasteiger partial charge in [0.05, 0.1) is 48.3 Å². The molecule has 6 rings (SSSR count). The van der Waals surface area contributed by atoms with Gasteiger partial charge in [0.25, 0.3) is 11.8 Å². The summed E-state index contributed by atoms with van der Waals surface area (Å²) in [5.74, 6) is -7.65.